The first kappa shape index (κ1) is 45.0. The molecule has 6 nitrogen and oxygen atoms in total. The van der Waals surface area contributed by atoms with Crippen LogP contribution in [0.1, 0.15) is 13.8 Å². The molecule has 0 radical (unpaired) electrons. The number of aromatic nitrogens is 6. The number of rotatable bonds is 8. The van der Waals surface area contributed by atoms with Crippen LogP contribution in [0.2, 0.25) is 0 Å². The Morgan fingerprint density at radius 3 is 1.07 bits per heavy atom. The second kappa shape index (κ2) is 19.8. The van der Waals surface area contributed by atoms with Gasteiger partial charge in [0.1, 0.15) is 0 Å². The minimum Gasteiger partial charge on any atom is -0.309 e. The number of hydrogen-bond acceptors (Lipinski definition) is 4. The van der Waals surface area contributed by atoms with E-state index in [1.165, 1.54) is 0 Å². The molecule has 0 atom stereocenters. The fourth-order valence-electron chi connectivity index (χ4n) is 10.1. The van der Waals surface area contributed by atoms with Crippen molar-refractivity contribution in [3.63, 3.8) is 0 Å². The summed E-state index contributed by atoms with van der Waals surface area (Å²) in [5.74, 6) is 0. The summed E-state index contributed by atoms with van der Waals surface area (Å²) in [5.41, 5.74) is 20.3. The third-order valence-corrected chi connectivity index (χ3v) is 13.2. The van der Waals surface area contributed by atoms with Crippen LogP contribution in [0, 0.1) is 0 Å². The number of pyridine rings is 4. The first-order chi connectivity index (χ1) is 35.7. The first-order valence-corrected chi connectivity index (χ1v) is 24.4. The van der Waals surface area contributed by atoms with Crippen molar-refractivity contribution < 1.29 is 0 Å². The van der Waals surface area contributed by atoms with Crippen LogP contribution < -0.4 is 0 Å². The zero-order chi connectivity index (χ0) is 49.0. The van der Waals surface area contributed by atoms with E-state index in [4.69, 9.17) is 19.9 Å². The average molecular weight is 927 g/mol. The lowest BCUT2D eigenvalue weighted by Crippen LogP contribution is -1.98. The molecule has 0 fully saturated rings. The standard InChI is InChI=1S/C62H40N6.C2H6.C2H4/c1-4-20-49(55-23-7-10-33-63-55)46(17-1)41-27-30-58-52(37-41)53-38-42(47-18-2-5-21-50(47)56-24-8-11-34-64-56)28-31-59(53)67(58)44-15-13-16-45(40-44)68-60-32-29-43(39-54(60)62-61(68)26-14-36-66-62)48-19-3-6-22-51(48)57-25-9-12-35-65-57;2*1-2/h1-40H;1-2H3;1-2H2. The number of benzene rings is 7. The van der Waals surface area contributed by atoms with E-state index in [2.05, 4.69) is 198 Å². The molecule has 0 spiro atoms. The van der Waals surface area contributed by atoms with Gasteiger partial charge in [0.15, 0.2) is 0 Å². The van der Waals surface area contributed by atoms with Crippen LogP contribution in [0.3, 0.4) is 0 Å². The zero-order valence-corrected chi connectivity index (χ0v) is 40.2. The van der Waals surface area contributed by atoms with Crippen molar-refractivity contribution >= 4 is 43.7 Å². The third kappa shape index (κ3) is 8.01. The van der Waals surface area contributed by atoms with Gasteiger partial charge in [0.05, 0.1) is 44.7 Å². The third-order valence-electron chi connectivity index (χ3n) is 13.2. The zero-order valence-electron chi connectivity index (χ0n) is 40.2. The average Bonchev–Trinajstić information content (AvgIpc) is 3.99. The van der Waals surface area contributed by atoms with E-state index in [1.54, 1.807) is 0 Å². The lowest BCUT2D eigenvalue weighted by atomic mass is 9.94. The summed E-state index contributed by atoms with van der Waals surface area (Å²) in [4.78, 5) is 19.2. The predicted octanol–water partition coefficient (Wildman–Crippen LogP) is 17.3. The Hall–Kier alpha value is -9.52. The lowest BCUT2D eigenvalue weighted by molar-refractivity contribution is 1.13. The largest absolute Gasteiger partial charge is 0.309 e. The van der Waals surface area contributed by atoms with Crippen molar-refractivity contribution in [2.45, 2.75) is 13.8 Å². The normalized spacial score (nSPS) is 11.0. The molecule has 0 saturated heterocycles. The molecule has 0 aliphatic heterocycles. The minimum absolute atomic E-state index is 0.946. The summed E-state index contributed by atoms with van der Waals surface area (Å²) in [7, 11) is 0. The van der Waals surface area contributed by atoms with Crippen molar-refractivity contribution in [1.29, 1.82) is 0 Å². The van der Waals surface area contributed by atoms with Gasteiger partial charge in [-0.1, -0.05) is 129 Å². The van der Waals surface area contributed by atoms with Crippen LogP contribution in [0.15, 0.2) is 256 Å². The van der Waals surface area contributed by atoms with Crippen LogP contribution in [-0.4, -0.2) is 29.1 Å². The summed E-state index contributed by atoms with van der Waals surface area (Å²) in [5, 5.41) is 3.42. The molecule has 0 aliphatic rings. The molecule has 0 unspecified atom stereocenters. The molecule has 344 valence electrons. The first-order valence-electron chi connectivity index (χ1n) is 24.4. The summed E-state index contributed by atoms with van der Waals surface area (Å²) in [6, 6.07) is 77.5. The van der Waals surface area contributed by atoms with Crippen LogP contribution in [0.5, 0.6) is 0 Å². The number of fused-ring (bicyclic) bond motifs is 6. The fraction of sp³-hybridized carbons (Fsp3) is 0.0303. The molecule has 0 N–H and O–H groups in total. The summed E-state index contributed by atoms with van der Waals surface area (Å²) in [6.45, 7) is 10.0. The predicted molar refractivity (Wildman–Crippen MR) is 302 cm³/mol. The van der Waals surface area contributed by atoms with Crippen LogP contribution >= 0.6 is 0 Å². The van der Waals surface area contributed by atoms with Crippen molar-refractivity contribution in [2.24, 2.45) is 0 Å². The molecule has 0 saturated carbocycles. The topological polar surface area (TPSA) is 61.4 Å². The van der Waals surface area contributed by atoms with E-state index >= 15 is 0 Å². The molecular formula is C66H50N6. The van der Waals surface area contributed by atoms with Crippen molar-refractivity contribution in [1.82, 2.24) is 29.1 Å². The Balaban J connectivity index is 0.00000137. The van der Waals surface area contributed by atoms with Crippen LogP contribution in [0.4, 0.5) is 0 Å². The smallest absolute Gasteiger partial charge is 0.0963 e. The lowest BCUT2D eigenvalue weighted by Gasteiger charge is -2.14. The van der Waals surface area contributed by atoms with Gasteiger partial charge in [0, 0.05) is 69.0 Å². The van der Waals surface area contributed by atoms with Crippen molar-refractivity contribution in [3.05, 3.63) is 256 Å². The highest BCUT2D eigenvalue weighted by Crippen LogP contribution is 2.42. The molecule has 13 rings (SSSR count). The van der Waals surface area contributed by atoms with Gasteiger partial charge in [-0.05, 0) is 137 Å². The second-order valence-electron chi connectivity index (χ2n) is 17.0. The maximum absolute atomic E-state index is 5.00. The highest BCUT2D eigenvalue weighted by atomic mass is 15.0. The molecule has 72 heavy (non-hydrogen) atoms. The maximum Gasteiger partial charge on any atom is 0.0963 e. The molecule has 0 aliphatic carbocycles. The molecule has 13 aromatic rings. The molecule has 6 heterocycles. The van der Waals surface area contributed by atoms with Crippen molar-refractivity contribution in [3.8, 4) is 78.5 Å². The van der Waals surface area contributed by atoms with Gasteiger partial charge in [-0.25, -0.2) is 0 Å². The van der Waals surface area contributed by atoms with Crippen LogP contribution in [0.25, 0.3) is 122 Å². The summed E-state index contributed by atoms with van der Waals surface area (Å²) in [6.07, 6.45) is 7.46. The monoisotopic (exact) mass is 926 g/mol. The minimum atomic E-state index is 0.946. The number of hydrogen-bond donors (Lipinski definition) is 0. The van der Waals surface area contributed by atoms with Gasteiger partial charge in [-0.2, -0.15) is 0 Å². The quantitative estimate of drug-likeness (QED) is 0.142. The molecule has 7 aromatic carbocycles. The highest BCUT2D eigenvalue weighted by Gasteiger charge is 2.20. The van der Waals surface area contributed by atoms with E-state index in [-0.39, 0.29) is 0 Å². The number of nitrogens with zero attached hydrogens (tertiary/aromatic N) is 6. The maximum atomic E-state index is 5.00. The summed E-state index contributed by atoms with van der Waals surface area (Å²) < 4.78 is 4.76. The Kier molecular flexibility index (Phi) is 12.4. The molecule has 6 heteroatoms. The Morgan fingerprint density at radius 1 is 0.292 bits per heavy atom. The van der Waals surface area contributed by atoms with Gasteiger partial charge in [-0.15, -0.1) is 13.2 Å². The van der Waals surface area contributed by atoms with E-state index in [9.17, 15) is 0 Å². The van der Waals surface area contributed by atoms with Gasteiger partial charge in [-0.3, -0.25) is 19.9 Å². The van der Waals surface area contributed by atoms with E-state index in [0.29, 0.717) is 0 Å². The van der Waals surface area contributed by atoms with Crippen LogP contribution in [-0.2, 0) is 0 Å². The van der Waals surface area contributed by atoms with Gasteiger partial charge in [0.2, 0.25) is 0 Å². The van der Waals surface area contributed by atoms with Gasteiger partial charge < -0.3 is 9.13 Å². The van der Waals surface area contributed by atoms with E-state index in [0.717, 1.165) is 122 Å². The Labute approximate surface area is 419 Å². The fourth-order valence-corrected chi connectivity index (χ4v) is 10.1. The summed E-state index contributed by atoms with van der Waals surface area (Å²) >= 11 is 0. The van der Waals surface area contributed by atoms with E-state index in [1.807, 2.05) is 81.1 Å². The van der Waals surface area contributed by atoms with Crippen molar-refractivity contribution in [2.75, 3.05) is 0 Å². The molecule has 0 amide bonds. The molecule has 6 aromatic heterocycles. The van der Waals surface area contributed by atoms with E-state index < -0.39 is 0 Å². The SMILES string of the molecule is C=C.CC.c1ccc(-c2ccccc2-c2ccc3c(c2)c2cc(-c4ccccc4-c4ccccn4)ccc2n3-c2cccc(-n3c4ccc(-c5ccccc5-c5ccccn5)cc4c4ncccc43)c2)nc1. The van der Waals surface area contributed by atoms with Gasteiger partial charge in [0.25, 0.3) is 0 Å². The Bertz CT molecular complexity index is 3900. The second-order valence-corrected chi connectivity index (χ2v) is 17.0. The Morgan fingerprint density at radius 2 is 0.653 bits per heavy atom. The highest BCUT2D eigenvalue weighted by molar-refractivity contribution is 6.13. The molecule has 0 bridgehead atoms. The van der Waals surface area contributed by atoms with Gasteiger partial charge >= 0.3 is 0 Å². The molecular weight excluding hydrogens is 877 g/mol.